The van der Waals surface area contributed by atoms with Crippen molar-refractivity contribution in [3.05, 3.63) is 78.1 Å². The first kappa shape index (κ1) is 14.0. The molecule has 0 radical (unpaired) electrons. The lowest BCUT2D eigenvalue weighted by atomic mass is 10.1. The van der Waals surface area contributed by atoms with Crippen LogP contribution < -0.4 is 4.90 Å². The van der Waals surface area contributed by atoms with Crippen LogP contribution in [-0.4, -0.2) is 20.9 Å². The average Bonchev–Trinajstić information content (AvgIpc) is 3.07. The highest BCUT2D eigenvalue weighted by Crippen LogP contribution is 2.22. The summed E-state index contributed by atoms with van der Waals surface area (Å²) in [7, 11) is 0. The fourth-order valence-corrected chi connectivity index (χ4v) is 2.29. The zero-order chi connectivity index (χ0) is 15.4. The Labute approximate surface area is 128 Å². The zero-order valence-corrected chi connectivity index (χ0v) is 12.2. The summed E-state index contributed by atoms with van der Waals surface area (Å²) in [6, 6.07) is 13.1. The van der Waals surface area contributed by atoms with E-state index in [2.05, 4.69) is 15.0 Å². The maximum atomic E-state index is 12.8. The van der Waals surface area contributed by atoms with E-state index < -0.39 is 0 Å². The van der Waals surface area contributed by atoms with Crippen molar-refractivity contribution >= 4 is 11.6 Å². The number of amides is 1. The third-order valence-corrected chi connectivity index (χ3v) is 3.40. The van der Waals surface area contributed by atoms with Gasteiger partial charge in [0, 0.05) is 24.3 Å². The van der Waals surface area contributed by atoms with Crippen LogP contribution in [0.5, 0.6) is 0 Å². The molecule has 0 spiro atoms. The number of imidazole rings is 1. The standard InChI is InChI=1S/C17H16N4O/c1-13-6-2-3-8-15(13)21(12-16-19-10-11-20-16)17(22)14-7-4-5-9-18-14/h2-11H,12H2,1H3,(H,19,20). The number of aromatic nitrogens is 3. The number of benzene rings is 1. The number of rotatable bonds is 4. The van der Waals surface area contributed by atoms with E-state index in [1.807, 2.05) is 37.3 Å². The molecule has 5 nitrogen and oxygen atoms in total. The Morgan fingerprint density at radius 2 is 1.91 bits per heavy atom. The van der Waals surface area contributed by atoms with Crippen LogP contribution in [0.15, 0.2) is 61.1 Å². The molecule has 1 amide bonds. The fraction of sp³-hybridized carbons (Fsp3) is 0.118. The molecule has 2 heterocycles. The summed E-state index contributed by atoms with van der Waals surface area (Å²) >= 11 is 0. The lowest BCUT2D eigenvalue weighted by Gasteiger charge is -2.23. The third-order valence-electron chi connectivity index (χ3n) is 3.40. The van der Waals surface area contributed by atoms with Gasteiger partial charge in [0.1, 0.15) is 11.5 Å². The van der Waals surface area contributed by atoms with Gasteiger partial charge >= 0.3 is 0 Å². The van der Waals surface area contributed by atoms with E-state index in [-0.39, 0.29) is 5.91 Å². The number of anilines is 1. The molecule has 0 atom stereocenters. The minimum atomic E-state index is -0.147. The number of hydrogen-bond acceptors (Lipinski definition) is 3. The number of aryl methyl sites for hydroxylation is 1. The summed E-state index contributed by atoms with van der Waals surface area (Å²) in [5.41, 5.74) is 2.30. The molecule has 0 saturated carbocycles. The Kier molecular flexibility index (Phi) is 3.96. The number of H-pyrrole nitrogens is 1. The summed E-state index contributed by atoms with van der Waals surface area (Å²) in [6.07, 6.45) is 5.05. The molecule has 0 aliphatic heterocycles. The van der Waals surface area contributed by atoms with Crippen molar-refractivity contribution in [1.82, 2.24) is 15.0 Å². The topological polar surface area (TPSA) is 61.9 Å². The van der Waals surface area contributed by atoms with E-state index in [1.165, 1.54) is 0 Å². The number of pyridine rings is 1. The van der Waals surface area contributed by atoms with Gasteiger partial charge in [-0.3, -0.25) is 14.7 Å². The van der Waals surface area contributed by atoms with Crippen molar-refractivity contribution in [2.75, 3.05) is 4.90 Å². The van der Waals surface area contributed by atoms with Crippen LogP contribution in [0.4, 0.5) is 5.69 Å². The normalized spacial score (nSPS) is 10.4. The van der Waals surface area contributed by atoms with Gasteiger partial charge in [-0.05, 0) is 30.7 Å². The van der Waals surface area contributed by atoms with Gasteiger partial charge in [0.05, 0.1) is 6.54 Å². The lowest BCUT2D eigenvalue weighted by Crippen LogP contribution is -2.32. The maximum Gasteiger partial charge on any atom is 0.277 e. The molecular formula is C17H16N4O. The number of hydrogen-bond donors (Lipinski definition) is 1. The van der Waals surface area contributed by atoms with E-state index >= 15 is 0 Å². The van der Waals surface area contributed by atoms with Crippen molar-refractivity contribution in [2.24, 2.45) is 0 Å². The molecule has 110 valence electrons. The maximum absolute atomic E-state index is 12.8. The molecule has 3 aromatic rings. The molecule has 0 aliphatic rings. The van der Waals surface area contributed by atoms with Gasteiger partial charge in [-0.25, -0.2) is 4.98 Å². The Bertz CT molecular complexity index is 753. The van der Waals surface area contributed by atoms with Crippen LogP contribution in [-0.2, 0) is 6.54 Å². The second-order valence-corrected chi connectivity index (χ2v) is 4.93. The van der Waals surface area contributed by atoms with E-state index in [4.69, 9.17) is 0 Å². The van der Waals surface area contributed by atoms with Crippen LogP contribution in [0, 0.1) is 6.92 Å². The van der Waals surface area contributed by atoms with Gasteiger partial charge in [0.25, 0.3) is 5.91 Å². The first-order chi connectivity index (χ1) is 10.8. The van der Waals surface area contributed by atoms with Crippen LogP contribution >= 0.6 is 0 Å². The molecule has 0 fully saturated rings. The van der Waals surface area contributed by atoms with E-state index in [9.17, 15) is 4.79 Å². The molecule has 1 N–H and O–H groups in total. The Morgan fingerprint density at radius 3 is 2.59 bits per heavy atom. The zero-order valence-electron chi connectivity index (χ0n) is 12.2. The average molecular weight is 292 g/mol. The minimum absolute atomic E-state index is 0.147. The van der Waals surface area contributed by atoms with Gasteiger partial charge in [-0.15, -0.1) is 0 Å². The smallest absolute Gasteiger partial charge is 0.277 e. The summed E-state index contributed by atoms with van der Waals surface area (Å²) in [5.74, 6) is 0.582. The molecule has 3 rings (SSSR count). The van der Waals surface area contributed by atoms with Crippen molar-refractivity contribution in [1.29, 1.82) is 0 Å². The number of carbonyl (C=O) groups is 1. The monoisotopic (exact) mass is 292 g/mol. The van der Waals surface area contributed by atoms with Gasteiger partial charge in [-0.2, -0.15) is 0 Å². The molecule has 2 aromatic heterocycles. The second-order valence-electron chi connectivity index (χ2n) is 4.93. The van der Waals surface area contributed by atoms with Crippen LogP contribution in [0.3, 0.4) is 0 Å². The largest absolute Gasteiger partial charge is 0.347 e. The van der Waals surface area contributed by atoms with Gasteiger partial charge < -0.3 is 4.98 Å². The van der Waals surface area contributed by atoms with E-state index in [0.717, 1.165) is 17.1 Å². The van der Waals surface area contributed by atoms with Crippen molar-refractivity contribution in [3.8, 4) is 0 Å². The number of carbonyl (C=O) groups excluding carboxylic acids is 1. The number of para-hydroxylation sites is 1. The number of nitrogens with zero attached hydrogens (tertiary/aromatic N) is 3. The predicted octanol–water partition coefficient (Wildman–Crippen LogP) is 2.96. The lowest BCUT2D eigenvalue weighted by molar-refractivity contribution is 0.0979. The van der Waals surface area contributed by atoms with Gasteiger partial charge in [0.2, 0.25) is 0 Å². The molecule has 5 heteroatoms. The van der Waals surface area contributed by atoms with E-state index in [0.29, 0.717) is 12.2 Å². The highest BCUT2D eigenvalue weighted by Gasteiger charge is 2.21. The molecular weight excluding hydrogens is 276 g/mol. The summed E-state index contributed by atoms with van der Waals surface area (Å²) in [4.78, 5) is 26.0. The Morgan fingerprint density at radius 1 is 1.09 bits per heavy atom. The van der Waals surface area contributed by atoms with Crippen molar-refractivity contribution < 1.29 is 4.79 Å². The molecule has 0 bridgehead atoms. The quantitative estimate of drug-likeness (QED) is 0.804. The fourth-order valence-electron chi connectivity index (χ4n) is 2.29. The highest BCUT2D eigenvalue weighted by molar-refractivity contribution is 6.05. The molecule has 0 aliphatic carbocycles. The molecule has 1 aromatic carbocycles. The van der Waals surface area contributed by atoms with Gasteiger partial charge in [0.15, 0.2) is 0 Å². The number of aromatic amines is 1. The summed E-state index contributed by atoms with van der Waals surface area (Å²) < 4.78 is 0. The van der Waals surface area contributed by atoms with Crippen molar-refractivity contribution in [3.63, 3.8) is 0 Å². The molecule has 0 unspecified atom stereocenters. The third kappa shape index (κ3) is 2.88. The van der Waals surface area contributed by atoms with Crippen LogP contribution in [0.2, 0.25) is 0 Å². The Balaban J connectivity index is 1.99. The number of nitrogens with one attached hydrogen (secondary N) is 1. The summed E-state index contributed by atoms with van der Waals surface area (Å²) in [6.45, 7) is 2.35. The van der Waals surface area contributed by atoms with Crippen LogP contribution in [0.25, 0.3) is 0 Å². The van der Waals surface area contributed by atoms with Crippen molar-refractivity contribution in [2.45, 2.75) is 13.5 Å². The summed E-state index contributed by atoms with van der Waals surface area (Å²) in [5, 5.41) is 0. The SMILES string of the molecule is Cc1ccccc1N(Cc1ncc[nH]1)C(=O)c1ccccn1. The van der Waals surface area contributed by atoms with Crippen LogP contribution in [0.1, 0.15) is 21.9 Å². The Hall–Kier alpha value is -2.95. The highest BCUT2D eigenvalue weighted by atomic mass is 16.2. The first-order valence-electron chi connectivity index (χ1n) is 7.02. The molecule has 0 saturated heterocycles. The second kappa shape index (κ2) is 6.22. The minimum Gasteiger partial charge on any atom is -0.347 e. The van der Waals surface area contributed by atoms with Gasteiger partial charge in [-0.1, -0.05) is 24.3 Å². The molecule has 22 heavy (non-hydrogen) atoms. The predicted molar refractivity (Wildman–Crippen MR) is 84.5 cm³/mol. The first-order valence-corrected chi connectivity index (χ1v) is 7.02. The van der Waals surface area contributed by atoms with E-state index in [1.54, 1.807) is 35.6 Å².